The maximum Gasteiger partial charge on any atom is 0.188 e. The zero-order chi connectivity index (χ0) is 50.8. The molecule has 0 aliphatic carbocycles. The van der Waals surface area contributed by atoms with Crippen LogP contribution in [0.1, 0.15) is 116 Å². The Bertz CT molecular complexity index is 2540. The monoisotopic (exact) mass is 981 g/mol. The minimum absolute atomic E-state index is 0.132. The van der Waals surface area contributed by atoms with Crippen molar-refractivity contribution in [1.29, 1.82) is 0 Å². The number of aromatic hydroxyl groups is 1. The number of phenols is 1. The van der Waals surface area contributed by atoms with Gasteiger partial charge in [0.1, 0.15) is 34.5 Å². The third-order valence-electron chi connectivity index (χ3n) is 14.4. The highest BCUT2D eigenvalue weighted by atomic mass is 16.7. The average Bonchev–Trinajstić information content (AvgIpc) is 3.40. The van der Waals surface area contributed by atoms with Crippen LogP contribution in [0.25, 0.3) is 0 Å². The van der Waals surface area contributed by atoms with E-state index in [-0.39, 0.29) is 24.4 Å². The highest BCUT2D eigenvalue weighted by molar-refractivity contribution is 5.50. The topological polar surface area (TPSA) is 103 Å². The molecule has 1 N–H and O–H groups in total. The third kappa shape index (κ3) is 13.9. The zero-order valence-corrected chi connectivity index (χ0v) is 43.6. The SMILES string of the molecule is CCOc1ccc(CCCCC2c3ccc(OCOC)cc3OCC2(C)c2ccc(COC)cc2)cc1.COCOc1ccc2c(c1)OCC(C)(c1ccc(COC)cc1)C2CCCCc1ccc(O)cc1. The van der Waals surface area contributed by atoms with Gasteiger partial charge in [0, 0.05) is 63.2 Å². The lowest BCUT2D eigenvalue weighted by molar-refractivity contribution is 0.0505. The van der Waals surface area contributed by atoms with Gasteiger partial charge in [-0.1, -0.05) is 112 Å². The summed E-state index contributed by atoms with van der Waals surface area (Å²) in [6.07, 6.45) is 8.68. The summed E-state index contributed by atoms with van der Waals surface area (Å²) in [4.78, 5) is 0. The van der Waals surface area contributed by atoms with Gasteiger partial charge in [0.25, 0.3) is 0 Å². The Kier molecular flexibility index (Phi) is 19.9. The third-order valence-corrected chi connectivity index (χ3v) is 14.4. The smallest absolute Gasteiger partial charge is 0.188 e. The van der Waals surface area contributed by atoms with Crippen LogP contribution in [-0.4, -0.2) is 67.0 Å². The second-order valence-electron chi connectivity index (χ2n) is 19.5. The van der Waals surface area contributed by atoms with Crippen LogP contribution in [0.4, 0.5) is 0 Å². The van der Waals surface area contributed by atoms with Crippen LogP contribution in [0.5, 0.6) is 34.5 Å². The molecule has 6 aromatic carbocycles. The fourth-order valence-electron chi connectivity index (χ4n) is 10.4. The van der Waals surface area contributed by atoms with Gasteiger partial charge >= 0.3 is 0 Å². The van der Waals surface area contributed by atoms with Gasteiger partial charge in [0.15, 0.2) is 13.6 Å². The molecule has 4 unspecified atom stereocenters. The van der Waals surface area contributed by atoms with E-state index in [1.165, 1.54) is 44.5 Å². The molecular weight excluding hydrogens is 905 g/mol. The number of phenolic OH excluding ortho intramolecular Hbond substituents is 1. The van der Waals surface area contributed by atoms with Crippen LogP contribution in [0.15, 0.2) is 133 Å². The van der Waals surface area contributed by atoms with Gasteiger partial charge in [0.2, 0.25) is 0 Å². The van der Waals surface area contributed by atoms with Gasteiger partial charge in [-0.3, -0.25) is 0 Å². The fraction of sp³-hybridized carbons (Fsp3) is 0.419. The minimum Gasteiger partial charge on any atom is -0.508 e. The van der Waals surface area contributed by atoms with Crippen molar-refractivity contribution < 1.29 is 47.7 Å². The van der Waals surface area contributed by atoms with E-state index in [0.29, 0.717) is 50.6 Å². The summed E-state index contributed by atoms with van der Waals surface area (Å²) in [5.41, 5.74) is 9.74. The van der Waals surface area contributed by atoms with E-state index < -0.39 is 0 Å². The molecule has 2 aliphatic heterocycles. The Morgan fingerprint density at radius 3 is 1.28 bits per heavy atom. The summed E-state index contributed by atoms with van der Waals surface area (Å²) in [5, 5.41) is 9.54. The normalized spacial score (nSPS) is 18.9. The Morgan fingerprint density at radius 2 is 0.875 bits per heavy atom. The number of ether oxygens (including phenoxy) is 9. The molecule has 384 valence electrons. The van der Waals surface area contributed by atoms with Crippen LogP contribution in [0, 0.1) is 0 Å². The first-order valence-electron chi connectivity index (χ1n) is 25.5. The number of unbranched alkanes of at least 4 members (excludes halogenated alkanes) is 2. The van der Waals surface area contributed by atoms with Crippen LogP contribution in [0.2, 0.25) is 0 Å². The van der Waals surface area contributed by atoms with Gasteiger partial charge in [-0.05, 0) is 126 Å². The average molecular weight is 981 g/mol. The van der Waals surface area contributed by atoms with Crippen LogP contribution >= 0.6 is 0 Å². The predicted molar refractivity (Wildman–Crippen MR) is 284 cm³/mol. The minimum atomic E-state index is -0.147. The second kappa shape index (κ2) is 26.6. The first-order chi connectivity index (χ1) is 35.1. The van der Waals surface area contributed by atoms with Crippen LogP contribution in [0.3, 0.4) is 0 Å². The lowest BCUT2D eigenvalue weighted by Crippen LogP contribution is -2.40. The Hall–Kier alpha value is -6.04. The molecule has 6 aromatic rings. The van der Waals surface area contributed by atoms with E-state index in [4.69, 9.17) is 42.6 Å². The van der Waals surface area contributed by atoms with E-state index in [1.807, 2.05) is 43.3 Å². The van der Waals surface area contributed by atoms with Gasteiger partial charge in [-0.25, -0.2) is 0 Å². The molecule has 0 amide bonds. The molecule has 0 bridgehead atoms. The summed E-state index contributed by atoms with van der Waals surface area (Å²) in [5.74, 6) is 5.23. The molecule has 10 heteroatoms. The first-order valence-corrected chi connectivity index (χ1v) is 25.5. The molecule has 2 heterocycles. The lowest BCUT2D eigenvalue weighted by Gasteiger charge is -2.43. The van der Waals surface area contributed by atoms with E-state index in [2.05, 4.69) is 98.8 Å². The summed E-state index contributed by atoms with van der Waals surface area (Å²) < 4.78 is 50.4. The highest BCUT2D eigenvalue weighted by Gasteiger charge is 2.43. The van der Waals surface area contributed by atoms with E-state index in [1.54, 1.807) is 40.6 Å². The molecule has 4 atom stereocenters. The van der Waals surface area contributed by atoms with Crippen molar-refractivity contribution in [3.63, 3.8) is 0 Å². The Morgan fingerprint density at radius 1 is 0.472 bits per heavy atom. The van der Waals surface area contributed by atoms with E-state index >= 15 is 0 Å². The number of methoxy groups -OCH3 is 4. The number of fused-ring (bicyclic) bond motifs is 2. The number of rotatable bonds is 24. The van der Waals surface area contributed by atoms with Crippen molar-refractivity contribution in [1.82, 2.24) is 0 Å². The molecule has 0 saturated heterocycles. The van der Waals surface area contributed by atoms with Crippen LogP contribution < -0.4 is 23.7 Å². The molecule has 0 radical (unpaired) electrons. The molecule has 2 aliphatic rings. The zero-order valence-electron chi connectivity index (χ0n) is 43.6. The van der Waals surface area contributed by atoms with Crippen molar-refractivity contribution in [2.45, 2.75) is 108 Å². The summed E-state index contributed by atoms with van der Waals surface area (Å²) in [6.45, 7) is 10.3. The highest BCUT2D eigenvalue weighted by Crippen LogP contribution is 2.51. The number of benzene rings is 6. The summed E-state index contributed by atoms with van der Waals surface area (Å²) >= 11 is 0. The van der Waals surface area contributed by atoms with E-state index in [9.17, 15) is 5.11 Å². The molecule has 8 rings (SSSR count). The summed E-state index contributed by atoms with van der Waals surface area (Å²) in [6, 6.07) is 46.0. The summed E-state index contributed by atoms with van der Waals surface area (Å²) in [7, 11) is 6.70. The van der Waals surface area contributed by atoms with Gasteiger partial charge < -0.3 is 47.7 Å². The molecule has 0 aromatic heterocycles. The van der Waals surface area contributed by atoms with Crippen molar-refractivity contribution in [2.75, 3.05) is 61.8 Å². The van der Waals surface area contributed by atoms with Gasteiger partial charge in [-0.2, -0.15) is 0 Å². The quantitative estimate of drug-likeness (QED) is 0.0466. The van der Waals surface area contributed by atoms with Crippen molar-refractivity contribution in [2.24, 2.45) is 0 Å². The maximum atomic E-state index is 9.54. The maximum absolute atomic E-state index is 9.54. The lowest BCUT2D eigenvalue weighted by atomic mass is 9.66. The fourth-order valence-corrected chi connectivity index (χ4v) is 10.4. The van der Waals surface area contributed by atoms with Gasteiger partial charge in [0.05, 0.1) is 33.0 Å². The molecule has 0 fully saturated rings. The molecule has 72 heavy (non-hydrogen) atoms. The largest absolute Gasteiger partial charge is 0.508 e. The Balaban J connectivity index is 0.000000212. The van der Waals surface area contributed by atoms with Crippen molar-refractivity contribution in [3.8, 4) is 34.5 Å². The molecule has 10 nitrogen and oxygen atoms in total. The van der Waals surface area contributed by atoms with Crippen LogP contribution in [-0.2, 0) is 55.8 Å². The number of aryl methyl sites for hydroxylation is 2. The first kappa shape index (κ1) is 53.8. The van der Waals surface area contributed by atoms with Gasteiger partial charge in [-0.15, -0.1) is 0 Å². The molecule has 0 saturated carbocycles. The van der Waals surface area contributed by atoms with Crippen molar-refractivity contribution in [3.05, 3.63) is 178 Å². The number of hydrogen-bond donors (Lipinski definition) is 1. The molecular formula is C62H76O10. The predicted octanol–water partition coefficient (Wildman–Crippen LogP) is 13.4. The number of hydrogen-bond acceptors (Lipinski definition) is 10. The molecule has 0 spiro atoms. The van der Waals surface area contributed by atoms with E-state index in [0.717, 1.165) is 80.1 Å². The van der Waals surface area contributed by atoms with Crippen molar-refractivity contribution >= 4 is 0 Å². The Labute approximate surface area is 428 Å². The second-order valence-corrected chi connectivity index (χ2v) is 19.5. The standard InChI is InChI=1S/C32H40O5.C30H36O5/c1-5-35-27-16-12-24(13-17-27)8-6-7-9-30-29-19-18-28(37-23-34-4)20-31(29)36-22-32(30,2)26-14-10-25(11-15-26)21-33-3;1-30(24-12-8-23(9-13-24)19-32-2)20-34-29-18-26(35-21-33-3)16-17-27(29)28(30)7-5-4-6-22-10-14-25(31)15-11-22/h10-20,30H,5-9,21-23H2,1-4H3;8-18,28,31H,4-7,19-21H2,1-3H3.